The number of carbonyl (C=O) groups is 4. The van der Waals surface area contributed by atoms with E-state index in [1.165, 1.54) is 36.4 Å². The van der Waals surface area contributed by atoms with Crippen LogP contribution in [0, 0.1) is 10.1 Å². The summed E-state index contributed by atoms with van der Waals surface area (Å²) in [6, 6.07) is 8.57. The number of hydrogen-bond acceptors (Lipinski definition) is 10. The van der Waals surface area contributed by atoms with Crippen LogP contribution in [-0.4, -0.2) is 72.3 Å². The average molecular weight is 589 g/mol. The van der Waals surface area contributed by atoms with E-state index in [0.29, 0.717) is 55.7 Å². The fourth-order valence-electron chi connectivity index (χ4n) is 4.02. The Balaban J connectivity index is 1.50. The molecule has 14 heteroatoms. The first-order valence-electron chi connectivity index (χ1n) is 12.3. The smallest absolute Gasteiger partial charge is 0.339 e. The Morgan fingerprint density at radius 3 is 2.65 bits per heavy atom. The van der Waals surface area contributed by atoms with Crippen LogP contribution in [0.3, 0.4) is 0 Å². The number of thioether (sulfide) groups is 1. The number of nitro benzene ring substituents is 1. The fraction of sp³-hybridized carbons (Fsp3) is 0.308. The van der Waals surface area contributed by atoms with Crippen LogP contribution < -0.4 is 10.2 Å². The molecule has 3 amide bonds. The van der Waals surface area contributed by atoms with Crippen molar-refractivity contribution in [1.82, 2.24) is 4.90 Å². The van der Waals surface area contributed by atoms with Gasteiger partial charge in [0.15, 0.2) is 0 Å². The second-order valence-corrected chi connectivity index (χ2v) is 10.1. The van der Waals surface area contributed by atoms with Gasteiger partial charge >= 0.3 is 5.97 Å². The molecule has 0 spiro atoms. The number of hydrogen-bond donors (Lipinski definition) is 1. The van der Waals surface area contributed by atoms with Gasteiger partial charge in [-0.2, -0.15) is 0 Å². The number of nitro groups is 1. The van der Waals surface area contributed by atoms with E-state index in [1.54, 1.807) is 6.07 Å². The number of amides is 3. The molecule has 210 valence electrons. The molecular formula is C26H25ClN4O8S. The third-order valence-corrected chi connectivity index (χ3v) is 7.18. The normalized spacial score (nSPS) is 16.4. The van der Waals surface area contributed by atoms with Crippen LogP contribution in [-0.2, 0) is 19.1 Å². The summed E-state index contributed by atoms with van der Waals surface area (Å²) >= 11 is 6.72. The number of rotatable bonds is 9. The lowest BCUT2D eigenvalue weighted by Gasteiger charge is -2.30. The van der Waals surface area contributed by atoms with Gasteiger partial charge in [0.25, 0.3) is 16.8 Å². The summed E-state index contributed by atoms with van der Waals surface area (Å²) in [4.78, 5) is 64.3. The van der Waals surface area contributed by atoms with Crippen molar-refractivity contribution in [2.45, 2.75) is 13.3 Å². The molecule has 2 heterocycles. The summed E-state index contributed by atoms with van der Waals surface area (Å²) in [6.07, 6.45) is 2.05. The van der Waals surface area contributed by atoms with Crippen molar-refractivity contribution in [3.05, 3.63) is 67.6 Å². The molecule has 0 atom stereocenters. The largest absolute Gasteiger partial charge is 0.462 e. The van der Waals surface area contributed by atoms with E-state index >= 15 is 0 Å². The zero-order valence-corrected chi connectivity index (χ0v) is 23.0. The number of esters is 1. The second kappa shape index (κ2) is 12.9. The van der Waals surface area contributed by atoms with Gasteiger partial charge in [0, 0.05) is 42.2 Å². The molecule has 1 N–H and O–H groups in total. The van der Waals surface area contributed by atoms with E-state index < -0.39 is 34.5 Å². The summed E-state index contributed by atoms with van der Waals surface area (Å²) in [5.41, 5.74) is 1.19. The molecule has 2 aromatic rings. The minimum atomic E-state index is -0.704. The number of nitrogens with zero attached hydrogens (tertiary/aromatic N) is 3. The Kier molecular flexibility index (Phi) is 9.40. The van der Waals surface area contributed by atoms with E-state index in [4.69, 9.17) is 21.1 Å². The molecule has 0 aliphatic carbocycles. The van der Waals surface area contributed by atoms with Crippen molar-refractivity contribution < 1.29 is 33.6 Å². The molecule has 0 aromatic heterocycles. The molecule has 2 aliphatic rings. The average Bonchev–Trinajstić information content (AvgIpc) is 3.20. The highest BCUT2D eigenvalue weighted by Crippen LogP contribution is 2.35. The molecule has 2 aliphatic heterocycles. The highest BCUT2D eigenvalue weighted by atomic mass is 35.5. The minimum absolute atomic E-state index is 0.0280. The Bertz CT molecular complexity index is 1390. The summed E-state index contributed by atoms with van der Waals surface area (Å²) in [5, 5.41) is 13.4. The van der Waals surface area contributed by atoms with Crippen molar-refractivity contribution in [3.8, 4) is 0 Å². The predicted molar refractivity (Wildman–Crippen MR) is 149 cm³/mol. The van der Waals surface area contributed by atoms with Gasteiger partial charge in [-0.25, -0.2) is 4.79 Å². The Hall–Kier alpha value is -3.94. The highest BCUT2D eigenvalue weighted by molar-refractivity contribution is 8.18. The number of nitrogens with one attached hydrogen (secondary N) is 1. The van der Waals surface area contributed by atoms with Crippen LogP contribution in [0.4, 0.5) is 21.9 Å². The zero-order chi connectivity index (χ0) is 28.8. The fourth-order valence-corrected chi connectivity index (χ4v) is 5.04. The maximum Gasteiger partial charge on any atom is 0.339 e. The van der Waals surface area contributed by atoms with Crippen molar-refractivity contribution in [2.24, 2.45) is 0 Å². The maximum absolute atomic E-state index is 13.1. The van der Waals surface area contributed by atoms with E-state index in [1.807, 2.05) is 11.8 Å². The van der Waals surface area contributed by atoms with Crippen molar-refractivity contribution >= 4 is 69.5 Å². The minimum Gasteiger partial charge on any atom is -0.462 e. The number of imide groups is 1. The molecule has 40 heavy (non-hydrogen) atoms. The quantitative estimate of drug-likeness (QED) is 0.194. The maximum atomic E-state index is 13.1. The molecular weight excluding hydrogens is 564 g/mol. The molecule has 12 nitrogen and oxygen atoms in total. The van der Waals surface area contributed by atoms with Gasteiger partial charge in [-0.15, -0.1) is 0 Å². The Morgan fingerprint density at radius 1 is 1.20 bits per heavy atom. The molecule has 0 radical (unpaired) electrons. The van der Waals surface area contributed by atoms with Gasteiger partial charge in [0.1, 0.15) is 6.54 Å². The topological polar surface area (TPSA) is 148 Å². The molecule has 4 rings (SSSR count). The zero-order valence-electron chi connectivity index (χ0n) is 21.4. The standard InChI is InChI=1S/C26H25ClN4O8S/c1-2-9-39-25(34)19-14-17(3-5-20(19)27)28-23(32)15-30-24(33)22(40-26(30)35)13-16-12-18(31(36)37)4-6-21(16)29-7-10-38-11-8-29/h3-6,12-14H,2,7-11,15H2,1H3,(H,28,32)/b22-13-. The third kappa shape index (κ3) is 6.79. The number of anilines is 2. The molecule has 2 fully saturated rings. The summed E-state index contributed by atoms with van der Waals surface area (Å²) in [5.74, 6) is -2.02. The van der Waals surface area contributed by atoms with Gasteiger partial charge in [-0.3, -0.25) is 29.4 Å². The molecule has 2 aromatic carbocycles. The van der Waals surface area contributed by atoms with E-state index in [9.17, 15) is 29.3 Å². The van der Waals surface area contributed by atoms with E-state index in [0.717, 1.165) is 4.90 Å². The lowest BCUT2D eigenvalue weighted by molar-refractivity contribution is -0.384. The van der Waals surface area contributed by atoms with Crippen LogP contribution in [0.15, 0.2) is 41.3 Å². The lowest BCUT2D eigenvalue weighted by atomic mass is 10.1. The van der Waals surface area contributed by atoms with Gasteiger partial charge in [-0.1, -0.05) is 18.5 Å². The van der Waals surface area contributed by atoms with Crippen LogP contribution in [0.1, 0.15) is 29.3 Å². The first-order chi connectivity index (χ1) is 19.2. The molecule has 0 bridgehead atoms. The number of ether oxygens (including phenoxy) is 2. The Morgan fingerprint density at radius 2 is 1.95 bits per heavy atom. The molecule has 0 unspecified atom stereocenters. The summed E-state index contributed by atoms with van der Waals surface area (Å²) in [6.45, 7) is 3.56. The second-order valence-electron chi connectivity index (χ2n) is 8.75. The highest BCUT2D eigenvalue weighted by Gasteiger charge is 2.36. The van der Waals surface area contributed by atoms with Crippen LogP contribution >= 0.6 is 23.4 Å². The lowest BCUT2D eigenvalue weighted by Crippen LogP contribution is -2.36. The SMILES string of the molecule is CCCOC(=O)c1cc(NC(=O)CN2C(=O)S/C(=C\c3cc([N+](=O)[O-])ccc3N3CCOCC3)C2=O)ccc1Cl. The number of halogens is 1. The van der Waals surface area contributed by atoms with E-state index in [2.05, 4.69) is 5.32 Å². The summed E-state index contributed by atoms with van der Waals surface area (Å²) in [7, 11) is 0. The number of morpholine rings is 1. The number of non-ortho nitro benzene ring substituents is 1. The van der Waals surface area contributed by atoms with Gasteiger partial charge in [-0.05, 0) is 48.5 Å². The number of benzene rings is 2. The van der Waals surface area contributed by atoms with Crippen LogP contribution in [0.5, 0.6) is 0 Å². The van der Waals surface area contributed by atoms with Crippen LogP contribution in [0.25, 0.3) is 6.08 Å². The molecule has 2 saturated heterocycles. The first-order valence-corrected chi connectivity index (χ1v) is 13.5. The molecule has 0 saturated carbocycles. The van der Waals surface area contributed by atoms with Gasteiger partial charge in [0.2, 0.25) is 5.91 Å². The van der Waals surface area contributed by atoms with Crippen molar-refractivity contribution in [3.63, 3.8) is 0 Å². The summed E-state index contributed by atoms with van der Waals surface area (Å²) < 4.78 is 10.5. The monoisotopic (exact) mass is 588 g/mol. The van der Waals surface area contributed by atoms with Gasteiger partial charge < -0.3 is 19.7 Å². The van der Waals surface area contributed by atoms with Crippen molar-refractivity contribution in [2.75, 3.05) is 49.7 Å². The predicted octanol–water partition coefficient (Wildman–Crippen LogP) is 4.33. The third-order valence-electron chi connectivity index (χ3n) is 5.94. The van der Waals surface area contributed by atoms with Gasteiger partial charge in [0.05, 0.1) is 40.2 Å². The Labute approximate surface area is 238 Å². The first kappa shape index (κ1) is 29.1. The van der Waals surface area contributed by atoms with E-state index in [-0.39, 0.29) is 33.5 Å². The van der Waals surface area contributed by atoms with Crippen molar-refractivity contribution in [1.29, 1.82) is 0 Å². The van der Waals surface area contributed by atoms with Crippen LogP contribution in [0.2, 0.25) is 5.02 Å². The number of carbonyl (C=O) groups excluding carboxylic acids is 4.